The third kappa shape index (κ3) is 3.11. The lowest BCUT2D eigenvalue weighted by molar-refractivity contribution is 0.465. The van der Waals surface area contributed by atoms with Crippen LogP contribution in [0.15, 0.2) is 34.8 Å². The van der Waals surface area contributed by atoms with Gasteiger partial charge in [0.25, 0.3) is 0 Å². The van der Waals surface area contributed by atoms with Crippen molar-refractivity contribution in [3.8, 4) is 0 Å². The van der Waals surface area contributed by atoms with Crippen LogP contribution in [0.1, 0.15) is 24.1 Å². The topological polar surface area (TPSA) is 12.0 Å². The predicted octanol–water partition coefficient (Wildman–Crippen LogP) is 4.70. The van der Waals surface area contributed by atoms with E-state index in [1.807, 2.05) is 0 Å². The minimum Gasteiger partial charge on any atom is -0.306 e. The maximum atomic E-state index is 14.2. The third-order valence-electron chi connectivity index (χ3n) is 3.07. The van der Waals surface area contributed by atoms with Crippen LogP contribution in [0, 0.1) is 23.3 Å². The van der Waals surface area contributed by atoms with Crippen LogP contribution >= 0.6 is 15.9 Å². The van der Waals surface area contributed by atoms with Gasteiger partial charge >= 0.3 is 0 Å². The normalized spacial score (nSPS) is 12.5. The summed E-state index contributed by atoms with van der Waals surface area (Å²) in [6.45, 7) is 2.03. The summed E-state index contributed by atoms with van der Waals surface area (Å²) in [6, 6.07) is 4.72. The number of hydrogen-bond donors (Lipinski definition) is 1. The Morgan fingerprint density at radius 2 is 1.71 bits per heavy atom. The van der Waals surface area contributed by atoms with Crippen molar-refractivity contribution >= 4 is 15.9 Å². The van der Waals surface area contributed by atoms with Crippen molar-refractivity contribution in [3.05, 3.63) is 69.2 Å². The fourth-order valence-corrected chi connectivity index (χ4v) is 2.47. The lowest BCUT2D eigenvalue weighted by Gasteiger charge is -2.21. The lowest BCUT2D eigenvalue weighted by Crippen LogP contribution is -2.25. The minimum atomic E-state index is -1.12. The van der Waals surface area contributed by atoms with Crippen molar-refractivity contribution in [2.45, 2.75) is 13.0 Å². The molecule has 0 fully saturated rings. The van der Waals surface area contributed by atoms with E-state index in [1.165, 1.54) is 18.2 Å². The summed E-state index contributed by atoms with van der Waals surface area (Å²) >= 11 is 2.97. The van der Waals surface area contributed by atoms with Crippen LogP contribution in [-0.4, -0.2) is 6.54 Å². The number of benzene rings is 2. The molecule has 112 valence electrons. The Morgan fingerprint density at radius 3 is 2.38 bits per heavy atom. The van der Waals surface area contributed by atoms with Gasteiger partial charge in [-0.2, -0.15) is 0 Å². The Kier molecular flexibility index (Phi) is 5.00. The molecule has 0 aliphatic carbocycles. The molecule has 1 N–H and O–H groups in total. The van der Waals surface area contributed by atoms with Crippen molar-refractivity contribution in [2.24, 2.45) is 0 Å². The highest BCUT2D eigenvalue weighted by atomic mass is 79.9. The van der Waals surface area contributed by atoms with Gasteiger partial charge in [0.05, 0.1) is 10.5 Å². The molecular weight excluding hydrogens is 350 g/mol. The molecule has 0 spiro atoms. The van der Waals surface area contributed by atoms with Crippen LogP contribution in [-0.2, 0) is 0 Å². The zero-order chi connectivity index (χ0) is 15.6. The van der Waals surface area contributed by atoms with E-state index < -0.39 is 29.3 Å². The fraction of sp³-hybridized carbons (Fsp3) is 0.200. The summed E-state index contributed by atoms with van der Waals surface area (Å²) in [5.74, 6) is -3.86. The largest absolute Gasteiger partial charge is 0.306 e. The lowest BCUT2D eigenvalue weighted by atomic mass is 9.97. The average Bonchev–Trinajstić information content (AvgIpc) is 2.45. The molecule has 6 heteroatoms. The highest BCUT2D eigenvalue weighted by Crippen LogP contribution is 2.32. The average molecular weight is 362 g/mol. The zero-order valence-corrected chi connectivity index (χ0v) is 12.6. The SMILES string of the molecule is CCNC(c1cccc(F)c1F)c1c(F)ccc(Br)c1F. The van der Waals surface area contributed by atoms with E-state index in [9.17, 15) is 17.6 Å². The Bertz CT molecular complexity index is 660. The van der Waals surface area contributed by atoms with E-state index in [1.54, 1.807) is 6.92 Å². The second-order valence-electron chi connectivity index (χ2n) is 4.39. The van der Waals surface area contributed by atoms with E-state index in [4.69, 9.17) is 0 Å². The molecule has 0 amide bonds. The monoisotopic (exact) mass is 361 g/mol. The van der Waals surface area contributed by atoms with Gasteiger partial charge in [-0.1, -0.05) is 19.1 Å². The first-order chi connectivity index (χ1) is 9.97. The van der Waals surface area contributed by atoms with Gasteiger partial charge in [0.15, 0.2) is 11.6 Å². The minimum absolute atomic E-state index is 0.0543. The van der Waals surface area contributed by atoms with Gasteiger partial charge in [-0.3, -0.25) is 0 Å². The maximum Gasteiger partial charge on any atom is 0.163 e. The molecule has 1 nitrogen and oxygen atoms in total. The maximum absolute atomic E-state index is 14.2. The third-order valence-corrected chi connectivity index (χ3v) is 3.68. The molecule has 0 aliphatic heterocycles. The summed E-state index contributed by atoms with van der Waals surface area (Å²) in [6.07, 6.45) is 0. The van der Waals surface area contributed by atoms with Crippen LogP contribution in [0.25, 0.3) is 0 Å². The van der Waals surface area contributed by atoms with Gasteiger partial charge in [-0.05, 0) is 40.7 Å². The Hall–Kier alpha value is -1.40. The molecule has 0 saturated carbocycles. The van der Waals surface area contributed by atoms with Gasteiger partial charge in [0.2, 0.25) is 0 Å². The van der Waals surface area contributed by atoms with E-state index in [2.05, 4.69) is 21.2 Å². The molecule has 21 heavy (non-hydrogen) atoms. The first-order valence-electron chi connectivity index (χ1n) is 6.28. The van der Waals surface area contributed by atoms with Gasteiger partial charge in [-0.15, -0.1) is 0 Å². The standard InChI is InChI=1S/C15H12BrF4N/c1-2-21-15(8-4-3-5-11(18)13(8)19)12-10(17)7-6-9(16)14(12)20/h3-7,15,21H,2H2,1H3. The van der Waals surface area contributed by atoms with Crippen molar-refractivity contribution in [1.82, 2.24) is 5.32 Å². The number of nitrogens with one attached hydrogen (secondary N) is 1. The van der Waals surface area contributed by atoms with Crippen molar-refractivity contribution in [1.29, 1.82) is 0 Å². The molecular formula is C15H12BrF4N. The molecule has 0 radical (unpaired) electrons. The summed E-state index contributed by atoms with van der Waals surface area (Å²) in [4.78, 5) is 0. The smallest absolute Gasteiger partial charge is 0.163 e. The molecule has 0 heterocycles. The Morgan fingerprint density at radius 1 is 1.00 bits per heavy atom. The van der Waals surface area contributed by atoms with E-state index in [0.717, 1.165) is 12.1 Å². The van der Waals surface area contributed by atoms with Crippen LogP contribution in [0.5, 0.6) is 0 Å². The highest BCUT2D eigenvalue weighted by molar-refractivity contribution is 9.10. The molecule has 0 saturated heterocycles. The first kappa shape index (κ1) is 16.0. The van der Waals surface area contributed by atoms with Crippen LogP contribution in [0.2, 0.25) is 0 Å². The predicted molar refractivity (Wildman–Crippen MR) is 75.9 cm³/mol. The Labute approximate surface area is 128 Å². The van der Waals surface area contributed by atoms with Gasteiger partial charge < -0.3 is 5.32 Å². The summed E-state index contributed by atoms with van der Waals surface area (Å²) < 4.78 is 55.6. The second-order valence-corrected chi connectivity index (χ2v) is 5.24. The number of halogens is 5. The van der Waals surface area contributed by atoms with Crippen LogP contribution in [0.4, 0.5) is 17.6 Å². The molecule has 2 aromatic rings. The summed E-state index contributed by atoms with van der Waals surface area (Å²) in [7, 11) is 0. The van der Waals surface area contributed by atoms with Crippen molar-refractivity contribution in [2.75, 3.05) is 6.54 Å². The fourth-order valence-electron chi connectivity index (χ4n) is 2.12. The highest BCUT2D eigenvalue weighted by Gasteiger charge is 2.26. The molecule has 0 bridgehead atoms. The molecule has 1 atom stereocenters. The second kappa shape index (κ2) is 6.58. The molecule has 1 unspecified atom stereocenters. The van der Waals surface area contributed by atoms with E-state index in [-0.39, 0.29) is 15.6 Å². The van der Waals surface area contributed by atoms with Gasteiger partial charge in [-0.25, -0.2) is 17.6 Å². The molecule has 2 rings (SSSR count). The summed E-state index contributed by atoms with van der Waals surface area (Å²) in [5, 5.41) is 2.78. The first-order valence-corrected chi connectivity index (χ1v) is 7.07. The van der Waals surface area contributed by atoms with Crippen molar-refractivity contribution in [3.63, 3.8) is 0 Å². The molecule has 0 aromatic heterocycles. The van der Waals surface area contributed by atoms with Gasteiger partial charge in [0.1, 0.15) is 11.6 Å². The van der Waals surface area contributed by atoms with Crippen LogP contribution in [0.3, 0.4) is 0 Å². The van der Waals surface area contributed by atoms with E-state index in [0.29, 0.717) is 6.54 Å². The Balaban J connectivity index is 2.65. The van der Waals surface area contributed by atoms with Gasteiger partial charge in [0, 0.05) is 11.1 Å². The quantitative estimate of drug-likeness (QED) is 0.614. The van der Waals surface area contributed by atoms with E-state index >= 15 is 0 Å². The number of hydrogen-bond acceptors (Lipinski definition) is 1. The summed E-state index contributed by atoms with van der Waals surface area (Å²) in [5.41, 5.74) is -0.497. The van der Waals surface area contributed by atoms with Crippen LogP contribution < -0.4 is 5.32 Å². The molecule has 0 aliphatic rings. The van der Waals surface area contributed by atoms with Crippen molar-refractivity contribution < 1.29 is 17.6 Å². The number of rotatable bonds is 4. The molecule has 2 aromatic carbocycles. The zero-order valence-electron chi connectivity index (χ0n) is 11.1.